The summed E-state index contributed by atoms with van der Waals surface area (Å²) in [6, 6.07) is 0. The van der Waals surface area contributed by atoms with E-state index < -0.39 is 0 Å². The average molecular weight is 159 g/mol. The quantitative estimate of drug-likeness (QED) is 0.633. The van der Waals surface area contributed by atoms with Crippen molar-refractivity contribution in [3.63, 3.8) is 0 Å². The van der Waals surface area contributed by atoms with E-state index >= 15 is 0 Å². The first kappa shape index (κ1) is 9.89. The van der Waals surface area contributed by atoms with E-state index in [-0.39, 0.29) is 0 Å². The van der Waals surface area contributed by atoms with E-state index in [0.29, 0.717) is 11.2 Å². The minimum absolute atomic E-state index is 0.639. The lowest BCUT2D eigenvalue weighted by atomic mass is 10.2. The first-order chi connectivity index (χ1) is 4.63. The van der Waals surface area contributed by atoms with Gasteiger partial charge in [-0.05, 0) is 5.92 Å². The lowest BCUT2D eigenvalue weighted by molar-refractivity contribution is 0.827. The Kier molecular flexibility index (Phi) is 5.60. The van der Waals surface area contributed by atoms with Crippen molar-refractivity contribution in [3.05, 3.63) is 12.3 Å². The second kappa shape index (κ2) is 5.66. The van der Waals surface area contributed by atoms with E-state index in [9.17, 15) is 0 Å². The van der Waals surface area contributed by atoms with Crippen LogP contribution in [0.1, 0.15) is 27.7 Å². The van der Waals surface area contributed by atoms with Gasteiger partial charge in [0.2, 0.25) is 0 Å². The number of rotatable bonds is 4. The zero-order valence-corrected chi connectivity index (χ0v) is 8.03. The molecule has 0 aromatic heterocycles. The smallest absolute Gasteiger partial charge is 0.0189 e. The van der Waals surface area contributed by atoms with Crippen LogP contribution in [-0.2, 0) is 0 Å². The molecule has 0 saturated carbocycles. The summed E-state index contributed by atoms with van der Waals surface area (Å²) in [6.45, 7) is 8.66. The van der Waals surface area contributed by atoms with Crippen LogP contribution in [0.2, 0.25) is 0 Å². The third-order valence-corrected chi connectivity index (χ3v) is 1.60. The van der Waals surface area contributed by atoms with Crippen LogP contribution in [0.3, 0.4) is 0 Å². The summed E-state index contributed by atoms with van der Waals surface area (Å²) >= 11 is 1.74. The van der Waals surface area contributed by atoms with Crippen molar-refractivity contribution in [2.75, 3.05) is 0 Å². The molecule has 0 saturated heterocycles. The van der Waals surface area contributed by atoms with Crippen LogP contribution >= 0.6 is 11.9 Å². The van der Waals surface area contributed by atoms with Crippen LogP contribution in [0.5, 0.6) is 0 Å². The summed E-state index contributed by atoms with van der Waals surface area (Å²) in [5.41, 5.74) is 0. The van der Waals surface area contributed by atoms with Gasteiger partial charge in [0.1, 0.15) is 0 Å². The maximum absolute atomic E-state index is 3.15. The fourth-order valence-corrected chi connectivity index (χ4v) is 0.836. The summed E-state index contributed by atoms with van der Waals surface area (Å²) in [4.78, 5) is 0. The van der Waals surface area contributed by atoms with Gasteiger partial charge in [0.05, 0.1) is 0 Å². The molecule has 0 radical (unpaired) electrons. The van der Waals surface area contributed by atoms with Crippen LogP contribution in [0.25, 0.3) is 0 Å². The fraction of sp³-hybridized carbons (Fsp3) is 0.750. The van der Waals surface area contributed by atoms with Crippen molar-refractivity contribution in [2.24, 2.45) is 5.92 Å². The van der Waals surface area contributed by atoms with E-state index in [4.69, 9.17) is 0 Å². The fourth-order valence-electron chi connectivity index (χ4n) is 0.407. The molecule has 1 N–H and O–H groups in total. The first-order valence-electron chi connectivity index (χ1n) is 3.70. The lowest BCUT2D eigenvalue weighted by Crippen LogP contribution is -1.98. The Balaban J connectivity index is 3.19. The largest absolute Gasteiger partial charge is 0.337 e. The number of hydrogen-bond donors (Lipinski definition) is 1. The lowest BCUT2D eigenvalue weighted by Gasteiger charge is -2.02. The number of hydrogen-bond acceptors (Lipinski definition) is 2. The zero-order chi connectivity index (χ0) is 7.98. The Labute approximate surface area is 68.4 Å². The summed E-state index contributed by atoms with van der Waals surface area (Å²) < 4.78 is 3.15. The van der Waals surface area contributed by atoms with Gasteiger partial charge < -0.3 is 4.72 Å². The molecule has 0 fully saturated rings. The van der Waals surface area contributed by atoms with Gasteiger partial charge in [-0.25, -0.2) is 0 Å². The van der Waals surface area contributed by atoms with E-state index in [2.05, 4.69) is 38.5 Å². The molecule has 10 heavy (non-hydrogen) atoms. The molecule has 0 atom stereocenters. The zero-order valence-electron chi connectivity index (χ0n) is 7.22. The third-order valence-electron chi connectivity index (χ3n) is 0.853. The first-order valence-corrected chi connectivity index (χ1v) is 4.58. The molecule has 0 bridgehead atoms. The van der Waals surface area contributed by atoms with Gasteiger partial charge in [-0.3, -0.25) is 0 Å². The molecule has 0 rings (SSSR count). The molecule has 0 aliphatic rings. The SMILES string of the molecule is CC(C)/C=C/NSC(C)C. The predicted molar refractivity (Wildman–Crippen MR) is 49.8 cm³/mol. The minimum Gasteiger partial charge on any atom is -0.337 e. The summed E-state index contributed by atoms with van der Waals surface area (Å²) in [7, 11) is 0. The maximum Gasteiger partial charge on any atom is 0.0189 e. The molecule has 2 heteroatoms. The predicted octanol–water partition coefficient (Wildman–Crippen LogP) is 2.80. The van der Waals surface area contributed by atoms with E-state index in [1.807, 2.05) is 6.20 Å². The van der Waals surface area contributed by atoms with Crippen molar-refractivity contribution in [1.29, 1.82) is 0 Å². The standard InChI is InChI=1S/C8H17NS/c1-7(2)5-6-9-10-8(3)4/h5-9H,1-4H3/b6-5+. The van der Waals surface area contributed by atoms with Gasteiger partial charge in [0, 0.05) is 11.4 Å². The molecule has 0 spiro atoms. The van der Waals surface area contributed by atoms with Gasteiger partial charge in [-0.15, -0.1) is 0 Å². The van der Waals surface area contributed by atoms with Crippen LogP contribution in [-0.4, -0.2) is 5.25 Å². The number of allylic oxidation sites excluding steroid dienone is 1. The summed E-state index contributed by atoms with van der Waals surface area (Å²) in [5, 5.41) is 0.650. The van der Waals surface area contributed by atoms with Crippen LogP contribution in [0, 0.1) is 5.92 Å². The molecule has 0 unspecified atom stereocenters. The minimum atomic E-state index is 0.639. The van der Waals surface area contributed by atoms with E-state index in [0.717, 1.165) is 0 Å². The van der Waals surface area contributed by atoms with Crippen molar-refractivity contribution in [3.8, 4) is 0 Å². The monoisotopic (exact) mass is 159 g/mol. The topological polar surface area (TPSA) is 12.0 Å². The molecular weight excluding hydrogens is 142 g/mol. The third kappa shape index (κ3) is 7.89. The van der Waals surface area contributed by atoms with Gasteiger partial charge >= 0.3 is 0 Å². The Hall–Kier alpha value is -0.110. The van der Waals surface area contributed by atoms with E-state index in [1.54, 1.807) is 11.9 Å². The molecular formula is C8H17NS. The van der Waals surface area contributed by atoms with Gasteiger partial charge in [0.25, 0.3) is 0 Å². The molecule has 0 aromatic rings. The van der Waals surface area contributed by atoms with Crippen molar-refractivity contribution < 1.29 is 0 Å². The number of nitrogens with one attached hydrogen (secondary N) is 1. The van der Waals surface area contributed by atoms with Crippen LogP contribution < -0.4 is 4.72 Å². The molecule has 0 aliphatic carbocycles. The van der Waals surface area contributed by atoms with Gasteiger partial charge in [-0.1, -0.05) is 45.7 Å². The normalized spacial score (nSPS) is 11.8. The maximum atomic E-state index is 3.15. The molecule has 60 valence electrons. The second-order valence-electron chi connectivity index (χ2n) is 2.89. The Bertz CT molecular complexity index is 97.4. The Morgan fingerprint density at radius 2 is 1.80 bits per heavy atom. The molecule has 0 amide bonds. The molecule has 0 aliphatic heterocycles. The molecule has 1 nitrogen and oxygen atoms in total. The Morgan fingerprint density at radius 1 is 1.20 bits per heavy atom. The van der Waals surface area contributed by atoms with E-state index in [1.165, 1.54) is 0 Å². The molecule has 0 aromatic carbocycles. The van der Waals surface area contributed by atoms with Crippen molar-refractivity contribution >= 4 is 11.9 Å². The van der Waals surface area contributed by atoms with Crippen LogP contribution in [0.4, 0.5) is 0 Å². The molecule has 0 heterocycles. The van der Waals surface area contributed by atoms with Crippen LogP contribution in [0.15, 0.2) is 12.3 Å². The highest BCUT2D eigenvalue weighted by atomic mass is 32.2. The van der Waals surface area contributed by atoms with Crippen molar-refractivity contribution in [2.45, 2.75) is 32.9 Å². The highest BCUT2D eigenvalue weighted by Crippen LogP contribution is 2.03. The summed E-state index contributed by atoms with van der Waals surface area (Å²) in [6.07, 6.45) is 4.16. The highest BCUT2D eigenvalue weighted by Gasteiger charge is 1.88. The highest BCUT2D eigenvalue weighted by molar-refractivity contribution is 7.98. The summed E-state index contributed by atoms with van der Waals surface area (Å²) in [5.74, 6) is 0.639. The van der Waals surface area contributed by atoms with Gasteiger partial charge in [0.15, 0.2) is 0 Å². The Morgan fingerprint density at radius 3 is 2.20 bits per heavy atom. The van der Waals surface area contributed by atoms with Crippen molar-refractivity contribution in [1.82, 2.24) is 4.72 Å². The average Bonchev–Trinajstić information content (AvgIpc) is 1.79. The second-order valence-corrected chi connectivity index (χ2v) is 4.30. The van der Waals surface area contributed by atoms with Gasteiger partial charge in [-0.2, -0.15) is 0 Å².